The first-order valence-electron chi connectivity index (χ1n) is 28.6. The van der Waals surface area contributed by atoms with Gasteiger partial charge in [-0.05, 0) is 57.3 Å². The molecule has 24 nitrogen and oxygen atoms in total. The lowest BCUT2D eigenvalue weighted by molar-refractivity contribution is -0.143. The number of carboxylic acids is 3. The molecule has 0 aromatic rings. The number of hydrogen-bond donors (Lipinski definition) is 10. The van der Waals surface area contributed by atoms with Crippen molar-refractivity contribution in [2.45, 2.75) is 179 Å². The molecule has 24 heteroatoms. The predicted molar refractivity (Wildman–Crippen MR) is 292 cm³/mol. The molecule has 452 valence electrons. The summed E-state index contributed by atoms with van der Waals surface area (Å²) >= 11 is 0. The van der Waals surface area contributed by atoms with Crippen molar-refractivity contribution >= 4 is 59.3 Å². The summed E-state index contributed by atoms with van der Waals surface area (Å²) in [6.07, 6.45) is 21.8. The summed E-state index contributed by atoms with van der Waals surface area (Å²) in [5.41, 5.74) is 0. The summed E-state index contributed by atoms with van der Waals surface area (Å²) in [4.78, 5) is 121. The highest BCUT2D eigenvalue weighted by Gasteiger charge is 2.30. The quantitative estimate of drug-likeness (QED) is 0.0308. The number of amides is 7. The Labute approximate surface area is 466 Å². The van der Waals surface area contributed by atoms with Crippen LogP contribution in [0.15, 0.2) is 12.7 Å². The highest BCUT2D eigenvalue weighted by Crippen LogP contribution is 2.29. The van der Waals surface area contributed by atoms with Gasteiger partial charge in [0.25, 0.3) is 0 Å². The largest absolute Gasteiger partial charge is 0.481 e. The maximum atomic E-state index is 13.1. The average molecular weight is 1130 g/mol. The molecule has 0 radical (unpaired) electrons. The van der Waals surface area contributed by atoms with Gasteiger partial charge < -0.3 is 71.5 Å². The van der Waals surface area contributed by atoms with Crippen LogP contribution in [-0.2, 0) is 66.9 Å². The van der Waals surface area contributed by atoms with Gasteiger partial charge in [-0.2, -0.15) is 0 Å². The fraction of sp³-hybridized carbons (Fsp3) is 0.782. The number of hydrogen-bond acceptors (Lipinski definition) is 14. The van der Waals surface area contributed by atoms with E-state index in [1.807, 2.05) is 0 Å². The molecule has 2 atom stereocenters. The van der Waals surface area contributed by atoms with E-state index in [0.29, 0.717) is 45.2 Å². The molecule has 1 saturated carbocycles. The van der Waals surface area contributed by atoms with Crippen LogP contribution in [0.5, 0.6) is 0 Å². The molecule has 1 fully saturated rings. The normalized spacial score (nSPS) is 14.7. The zero-order valence-electron chi connectivity index (χ0n) is 46.7. The minimum Gasteiger partial charge on any atom is -0.481 e. The van der Waals surface area contributed by atoms with Gasteiger partial charge in [-0.15, -0.1) is 6.58 Å². The van der Waals surface area contributed by atoms with Crippen LogP contribution in [0.25, 0.3) is 0 Å². The van der Waals surface area contributed by atoms with E-state index in [2.05, 4.69) is 43.8 Å². The Morgan fingerprint density at radius 1 is 0.456 bits per heavy atom. The number of nitrogens with one attached hydrogen (secondary N) is 7. The van der Waals surface area contributed by atoms with E-state index in [9.17, 15) is 58.2 Å². The number of ether oxygens (including phenoxy) is 4. The number of rotatable bonds is 52. The van der Waals surface area contributed by atoms with Gasteiger partial charge in [-0.25, -0.2) is 4.79 Å². The van der Waals surface area contributed by atoms with Gasteiger partial charge in [0.2, 0.25) is 41.4 Å². The first kappa shape index (κ1) is 71.3. The van der Waals surface area contributed by atoms with E-state index in [0.717, 1.165) is 38.5 Å². The summed E-state index contributed by atoms with van der Waals surface area (Å²) in [6.45, 7) is 4.52. The molecule has 10 N–H and O–H groups in total. The zero-order chi connectivity index (χ0) is 58.1. The molecule has 0 saturated heterocycles. The summed E-state index contributed by atoms with van der Waals surface area (Å²) in [7, 11) is 0. The van der Waals surface area contributed by atoms with E-state index in [1.54, 1.807) is 0 Å². The Balaban J connectivity index is 2.18. The third-order valence-corrected chi connectivity index (χ3v) is 13.1. The highest BCUT2D eigenvalue weighted by atomic mass is 16.5. The van der Waals surface area contributed by atoms with Crippen molar-refractivity contribution in [3.63, 3.8) is 0 Å². The lowest BCUT2D eigenvalue weighted by Gasteiger charge is -2.28. The Morgan fingerprint density at radius 3 is 1.46 bits per heavy atom. The number of unbranched alkanes of at least 4 members (excludes halogenated alkanes) is 15. The lowest BCUT2D eigenvalue weighted by Crippen LogP contribution is -2.48. The van der Waals surface area contributed by atoms with Crippen LogP contribution in [0.1, 0.15) is 167 Å². The molecular formula is C55H95N7O17. The Kier molecular flexibility index (Phi) is 43.5. The van der Waals surface area contributed by atoms with E-state index >= 15 is 0 Å². The van der Waals surface area contributed by atoms with Crippen LogP contribution in [0.4, 0.5) is 0 Å². The predicted octanol–water partition coefficient (Wildman–Crippen LogP) is 3.43. The van der Waals surface area contributed by atoms with Crippen molar-refractivity contribution in [3.8, 4) is 0 Å². The molecule has 1 aliphatic rings. The van der Waals surface area contributed by atoms with Gasteiger partial charge in [0.05, 0.1) is 46.2 Å². The second-order valence-electron chi connectivity index (χ2n) is 19.9. The van der Waals surface area contributed by atoms with Crippen molar-refractivity contribution in [2.24, 2.45) is 11.8 Å². The molecular weight excluding hydrogens is 1030 g/mol. The number of carbonyl (C=O) groups excluding carboxylic acids is 7. The van der Waals surface area contributed by atoms with Gasteiger partial charge in [0.15, 0.2) is 0 Å². The highest BCUT2D eigenvalue weighted by molar-refractivity contribution is 5.89. The SMILES string of the molecule is C=CCNC(=O)CNC(=O)COCCOCCNC(=O)COCCOCCNC(=O)[C@H](CCC(=O)O)NC(=O)CC[C@H](NC(=O)C1CCC(CNC(=O)CCCCCCCCCCCCCCCCCCC(=O)O)CC1)C(=O)O. The van der Waals surface area contributed by atoms with Gasteiger partial charge in [0, 0.05) is 57.8 Å². The second kappa shape index (κ2) is 48.2. The number of carboxylic acid groups (broad SMARTS) is 3. The van der Waals surface area contributed by atoms with Crippen LogP contribution in [0, 0.1) is 11.8 Å². The van der Waals surface area contributed by atoms with Gasteiger partial charge in [0.1, 0.15) is 25.3 Å². The van der Waals surface area contributed by atoms with Crippen LogP contribution < -0.4 is 37.2 Å². The van der Waals surface area contributed by atoms with Crippen molar-refractivity contribution in [2.75, 3.05) is 85.6 Å². The lowest BCUT2D eigenvalue weighted by atomic mass is 9.81. The minimum absolute atomic E-state index is 0.00269. The molecule has 0 aromatic carbocycles. The monoisotopic (exact) mass is 1130 g/mol. The van der Waals surface area contributed by atoms with Crippen molar-refractivity contribution in [1.82, 2.24) is 37.2 Å². The van der Waals surface area contributed by atoms with E-state index in [-0.39, 0.29) is 116 Å². The zero-order valence-corrected chi connectivity index (χ0v) is 46.7. The topological polar surface area (TPSA) is 353 Å². The number of aliphatic carboxylic acids is 3. The molecule has 1 aliphatic carbocycles. The average Bonchev–Trinajstić information content (AvgIpc) is 3.42. The number of carbonyl (C=O) groups is 10. The summed E-state index contributed by atoms with van der Waals surface area (Å²) in [5, 5.41) is 45.9. The van der Waals surface area contributed by atoms with Crippen LogP contribution in [0.3, 0.4) is 0 Å². The molecule has 79 heavy (non-hydrogen) atoms. The van der Waals surface area contributed by atoms with E-state index in [1.165, 1.54) is 70.3 Å². The second-order valence-corrected chi connectivity index (χ2v) is 19.9. The third kappa shape index (κ3) is 42.8. The minimum atomic E-state index is -1.37. The molecule has 0 aliphatic heterocycles. The molecule has 0 unspecified atom stereocenters. The first-order chi connectivity index (χ1) is 38.1. The maximum Gasteiger partial charge on any atom is 0.326 e. The summed E-state index contributed by atoms with van der Waals surface area (Å²) in [6, 6.07) is -2.60. The van der Waals surface area contributed by atoms with Crippen LogP contribution in [0.2, 0.25) is 0 Å². The summed E-state index contributed by atoms with van der Waals surface area (Å²) < 4.78 is 21.2. The molecule has 0 spiro atoms. The molecule has 7 amide bonds. The Hall–Kier alpha value is -5.72. The van der Waals surface area contributed by atoms with Gasteiger partial charge in [-0.3, -0.25) is 43.2 Å². The van der Waals surface area contributed by atoms with Crippen molar-refractivity contribution in [3.05, 3.63) is 12.7 Å². The maximum absolute atomic E-state index is 13.1. The van der Waals surface area contributed by atoms with Gasteiger partial charge >= 0.3 is 17.9 Å². The van der Waals surface area contributed by atoms with Crippen LogP contribution >= 0.6 is 0 Å². The summed E-state index contributed by atoms with van der Waals surface area (Å²) in [5.74, 6) is -6.39. The standard InChI is InChI=1S/C55H95N7O17/c1-2-29-56-48(65)39-60-50(67)41-79-37-34-76-32-30-57-49(66)40-78-36-35-77-33-31-58-54(73)44(26-28-52(70)71)61-47(64)27-25-45(55(74)75)62-53(72)43-23-21-42(22-24-43)38-59-46(63)19-17-15-13-11-9-7-5-3-4-6-8-10-12-14-16-18-20-51(68)69/h2,42-45H,1,3-41H2,(H,56,65)(H,57,66)(H,58,73)(H,59,63)(H,60,67)(H,61,64)(H,62,72)(H,68,69)(H,70,71)(H,74,75)/t42?,43?,44-,45-/m0/s1. The smallest absolute Gasteiger partial charge is 0.326 e. The van der Waals surface area contributed by atoms with E-state index in [4.69, 9.17) is 24.1 Å². The fourth-order valence-electron chi connectivity index (χ4n) is 8.57. The first-order valence-corrected chi connectivity index (χ1v) is 28.6. The molecule has 1 rings (SSSR count). The van der Waals surface area contributed by atoms with Crippen LogP contribution in [-0.4, -0.2) is 172 Å². The third-order valence-electron chi connectivity index (χ3n) is 13.1. The van der Waals surface area contributed by atoms with Crippen molar-refractivity contribution in [1.29, 1.82) is 0 Å². The van der Waals surface area contributed by atoms with Gasteiger partial charge in [-0.1, -0.05) is 96.0 Å². The Bertz CT molecular complexity index is 1780. The Morgan fingerprint density at radius 2 is 0.937 bits per heavy atom. The van der Waals surface area contributed by atoms with Crippen molar-refractivity contribution < 1.29 is 82.2 Å². The fourth-order valence-corrected chi connectivity index (χ4v) is 8.57. The van der Waals surface area contributed by atoms with E-state index < -0.39 is 71.9 Å². The molecule has 0 aromatic heterocycles. The molecule has 0 bridgehead atoms. The molecule has 0 heterocycles.